The van der Waals surface area contributed by atoms with Crippen LogP contribution in [0, 0.1) is 0 Å². The fourth-order valence-electron chi connectivity index (χ4n) is 2.29. The molecule has 1 aromatic carbocycles. The first kappa shape index (κ1) is 14.8. The maximum atomic E-state index is 12.5. The highest BCUT2D eigenvalue weighted by Crippen LogP contribution is 2.23. The van der Waals surface area contributed by atoms with E-state index in [1.165, 1.54) is 23.0 Å². The van der Waals surface area contributed by atoms with Crippen LogP contribution in [0.2, 0.25) is 10.0 Å². The Labute approximate surface area is 135 Å². The van der Waals surface area contributed by atoms with E-state index in [4.69, 9.17) is 23.2 Å². The third-order valence-electron chi connectivity index (χ3n) is 3.39. The lowest BCUT2D eigenvalue weighted by molar-refractivity contribution is 0.0962. The van der Waals surface area contributed by atoms with Crippen LogP contribution in [0.1, 0.15) is 10.5 Å². The zero-order chi connectivity index (χ0) is 15.9. The monoisotopic (exact) mass is 335 g/mol. The zero-order valence-corrected chi connectivity index (χ0v) is 13.1. The lowest BCUT2D eigenvalue weighted by Crippen LogP contribution is -2.25. The van der Waals surface area contributed by atoms with Crippen molar-refractivity contribution in [3.05, 3.63) is 62.9 Å². The topological polar surface area (TPSA) is 56.9 Å². The average molecular weight is 336 g/mol. The van der Waals surface area contributed by atoms with Crippen molar-refractivity contribution in [1.29, 1.82) is 0 Å². The van der Waals surface area contributed by atoms with E-state index in [0.29, 0.717) is 26.6 Å². The number of Topliss-reactive ketones (excluding diaryl/α,β-unsaturated/α-hetero) is 1. The Hall–Kier alpha value is -2.11. The van der Waals surface area contributed by atoms with E-state index in [9.17, 15) is 9.59 Å². The van der Waals surface area contributed by atoms with E-state index in [2.05, 4.69) is 4.98 Å². The van der Waals surface area contributed by atoms with Crippen molar-refractivity contribution < 1.29 is 4.79 Å². The van der Waals surface area contributed by atoms with Crippen molar-refractivity contribution in [3.8, 4) is 0 Å². The normalized spacial score (nSPS) is 11.0. The summed E-state index contributed by atoms with van der Waals surface area (Å²) in [5, 5.41) is 0.947. The number of hydrogen-bond acceptors (Lipinski definition) is 3. The van der Waals surface area contributed by atoms with Crippen molar-refractivity contribution >= 4 is 39.9 Å². The highest BCUT2D eigenvalue weighted by atomic mass is 35.5. The summed E-state index contributed by atoms with van der Waals surface area (Å²) >= 11 is 12.0. The van der Waals surface area contributed by atoms with Gasteiger partial charge in [-0.25, -0.2) is 4.98 Å². The number of fused-ring (bicyclic) bond motifs is 1. The van der Waals surface area contributed by atoms with Gasteiger partial charge in [0.1, 0.15) is 0 Å². The highest BCUT2D eigenvalue weighted by Gasteiger charge is 2.13. The van der Waals surface area contributed by atoms with Gasteiger partial charge in [-0.15, -0.1) is 0 Å². The van der Waals surface area contributed by atoms with Crippen LogP contribution in [0.4, 0.5) is 0 Å². The lowest BCUT2D eigenvalue weighted by atomic mass is 10.2. The number of carbonyl (C=O) groups is 1. The van der Waals surface area contributed by atoms with E-state index in [0.717, 1.165) is 0 Å². The third-order valence-corrected chi connectivity index (χ3v) is 3.90. The molecule has 0 aliphatic carbocycles. The maximum absolute atomic E-state index is 12.5. The Morgan fingerprint density at radius 1 is 1.32 bits per heavy atom. The molecule has 7 heteroatoms. The number of nitrogens with zero attached hydrogens (tertiary/aromatic N) is 3. The van der Waals surface area contributed by atoms with Crippen molar-refractivity contribution in [2.75, 3.05) is 0 Å². The maximum Gasteiger partial charge on any atom is 0.261 e. The number of ketones is 1. The number of aryl methyl sites for hydroxylation is 1. The number of aromatic nitrogens is 3. The average Bonchev–Trinajstić information content (AvgIpc) is 2.88. The summed E-state index contributed by atoms with van der Waals surface area (Å²) < 4.78 is 2.96. The Morgan fingerprint density at radius 2 is 2.09 bits per heavy atom. The molecule has 0 amide bonds. The van der Waals surface area contributed by atoms with E-state index in [1.807, 2.05) is 0 Å². The molecule has 0 aliphatic rings. The Bertz CT molecular complexity index is 944. The molecule has 0 spiro atoms. The van der Waals surface area contributed by atoms with Gasteiger partial charge in [0, 0.05) is 18.3 Å². The van der Waals surface area contributed by atoms with Gasteiger partial charge in [-0.3, -0.25) is 14.2 Å². The number of carbonyl (C=O) groups excluding carboxylic acids is 1. The smallest absolute Gasteiger partial charge is 0.261 e. The molecular weight excluding hydrogens is 325 g/mol. The molecule has 0 atom stereocenters. The highest BCUT2D eigenvalue weighted by molar-refractivity contribution is 6.38. The molecule has 0 fully saturated rings. The van der Waals surface area contributed by atoms with Gasteiger partial charge in [-0.2, -0.15) is 0 Å². The molecule has 112 valence electrons. The third kappa shape index (κ3) is 2.53. The molecule has 0 unspecified atom stereocenters. The molecule has 5 nitrogen and oxygen atoms in total. The molecule has 2 heterocycles. The van der Waals surface area contributed by atoms with Crippen molar-refractivity contribution in [3.63, 3.8) is 0 Å². The number of benzene rings is 1. The van der Waals surface area contributed by atoms with Crippen LogP contribution < -0.4 is 5.56 Å². The van der Waals surface area contributed by atoms with Gasteiger partial charge in [0.15, 0.2) is 5.78 Å². The minimum Gasteiger partial charge on any atom is -0.348 e. The van der Waals surface area contributed by atoms with Crippen LogP contribution >= 0.6 is 23.2 Å². The van der Waals surface area contributed by atoms with Crippen LogP contribution in [0.3, 0.4) is 0 Å². The summed E-state index contributed by atoms with van der Waals surface area (Å²) in [7, 11) is 1.77. The van der Waals surface area contributed by atoms with E-state index < -0.39 is 0 Å². The summed E-state index contributed by atoms with van der Waals surface area (Å²) in [6.45, 7) is -0.0935. The molecule has 3 aromatic rings. The predicted molar refractivity (Wildman–Crippen MR) is 85.8 cm³/mol. The minimum atomic E-state index is -0.350. The summed E-state index contributed by atoms with van der Waals surface area (Å²) in [6.07, 6.45) is 3.10. The van der Waals surface area contributed by atoms with Gasteiger partial charge in [-0.1, -0.05) is 23.2 Å². The quantitative estimate of drug-likeness (QED) is 0.691. The minimum absolute atomic E-state index is 0.0935. The van der Waals surface area contributed by atoms with E-state index >= 15 is 0 Å². The van der Waals surface area contributed by atoms with Gasteiger partial charge in [-0.05, 0) is 24.3 Å². The van der Waals surface area contributed by atoms with E-state index in [-0.39, 0.29) is 17.9 Å². The standard InChI is InChI=1S/C15H11Cl2N3O2/c1-19-4-2-3-12(19)13(21)7-20-8-18-14-10(15(20)22)5-9(16)6-11(14)17/h2-6,8H,7H2,1H3. The van der Waals surface area contributed by atoms with Crippen LogP contribution in [0.5, 0.6) is 0 Å². The molecule has 0 saturated carbocycles. The summed E-state index contributed by atoms with van der Waals surface area (Å²) in [5.41, 5.74) is 0.548. The van der Waals surface area contributed by atoms with Crippen LogP contribution in [0.25, 0.3) is 10.9 Å². The van der Waals surface area contributed by atoms with Gasteiger partial charge >= 0.3 is 0 Å². The first-order chi connectivity index (χ1) is 10.5. The predicted octanol–water partition coefficient (Wildman–Crippen LogP) is 2.92. The summed E-state index contributed by atoms with van der Waals surface area (Å²) in [4.78, 5) is 28.9. The molecule has 0 aliphatic heterocycles. The molecule has 2 aromatic heterocycles. The molecule has 3 rings (SSSR count). The second-order valence-electron chi connectivity index (χ2n) is 4.89. The molecule has 0 bridgehead atoms. The Morgan fingerprint density at radius 3 is 2.77 bits per heavy atom. The first-order valence-electron chi connectivity index (χ1n) is 6.46. The second kappa shape index (κ2) is 5.59. The lowest BCUT2D eigenvalue weighted by Gasteiger charge is -2.08. The molecule has 0 radical (unpaired) electrons. The van der Waals surface area contributed by atoms with Crippen molar-refractivity contribution in [2.45, 2.75) is 6.54 Å². The van der Waals surface area contributed by atoms with Crippen LogP contribution in [-0.2, 0) is 13.6 Å². The summed E-state index contributed by atoms with van der Waals surface area (Å²) in [6, 6.07) is 6.50. The number of rotatable bonds is 3. The van der Waals surface area contributed by atoms with Crippen LogP contribution in [0.15, 0.2) is 41.6 Å². The van der Waals surface area contributed by atoms with Gasteiger partial charge < -0.3 is 4.57 Å². The molecule has 0 N–H and O–H groups in total. The molecular formula is C15H11Cl2N3O2. The van der Waals surface area contributed by atoms with Gasteiger partial charge in [0.2, 0.25) is 0 Å². The SMILES string of the molecule is Cn1cccc1C(=O)Cn1cnc2c(Cl)cc(Cl)cc2c1=O. The fourth-order valence-corrected chi connectivity index (χ4v) is 2.84. The number of halogens is 2. The zero-order valence-electron chi connectivity index (χ0n) is 11.6. The molecule has 22 heavy (non-hydrogen) atoms. The van der Waals surface area contributed by atoms with Gasteiger partial charge in [0.05, 0.1) is 34.5 Å². The summed E-state index contributed by atoms with van der Waals surface area (Å²) in [5.74, 6) is -0.177. The Kier molecular flexibility index (Phi) is 3.76. The Balaban J connectivity index is 2.06. The largest absolute Gasteiger partial charge is 0.348 e. The fraction of sp³-hybridized carbons (Fsp3) is 0.133. The second-order valence-corrected chi connectivity index (χ2v) is 5.73. The van der Waals surface area contributed by atoms with E-state index in [1.54, 1.807) is 29.9 Å². The van der Waals surface area contributed by atoms with Crippen LogP contribution in [-0.4, -0.2) is 19.9 Å². The van der Waals surface area contributed by atoms with Crippen molar-refractivity contribution in [1.82, 2.24) is 14.1 Å². The molecule has 0 saturated heterocycles. The first-order valence-corrected chi connectivity index (χ1v) is 7.21. The number of hydrogen-bond donors (Lipinski definition) is 0. The van der Waals surface area contributed by atoms with Gasteiger partial charge in [0.25, 0.3) is 5.56 Å². The van der Waals surface area contributed by atoms with Crippen molar-refractivity contribution in [2.24, 2.45) is 7.05 Å².